The Labute approximate surface area is 135 Å². The summed E-state index contributed by atoms with van der Waals surface area (Å²) in [5.41, 5.74) is 1.68. The average Bonchev–Trinajstić information content (AvgIpc) is 2.46. The highest BCUT2D eigenvalue weighted by atomic mass is 35.5. The molecule has 0 unspecified atom stereocenters. The van der Waals surface area contributed by atoms with E-state index in [1.807, 2.05) is 0 Å². The van der Waals surface area contributed by atoms with Crippen molar-refractivity contribution in [2.45, 2.75) is 11.8 Å². The van der Waals surface area contributed by atoms with Gasteiger partial charge in [0, 0.05) is 29.3 Å². The number of methoxy groups -OCH3 is 1. The van der Waals surface area contributed by atoms with E-state index in [2.05, 4.69) is 4.98 Å². The van der Waals surface area contributed by atoms with Crippen LogP contribution >= 0.6 is 11.6 Å². The van der Waals surface area contributed by atoms with Crippen LogP contribution in [0.5, 0.6) is 5.75 Å². The smallest absolute Gasteiger partial charge is 0.337 e. The van der Waals surface area contributed by atoms with E-state index in [-0.39, 0.29) is 5.56 Å². The molecule has 7 heteroatoms. The van der Waals surface area contributed by atoms with Crippen molar-refractivity contribution in [3.63, 3.8) is 0 Å². The molecule has 0 aliphatic rings. The monoisotopic (exact) mass is 339 g/mol. The predicted octanol–water partition coefficient (Wildman–Crippen LogP) is 3.15. The molecular formula is C15H14ClNO4S. The van der Waals surface area contributed by atoms with E-state index >= 15 is 0 Å². The molecule has 0 radical (unpaired) electrons. The Kier molecular flexibility index (Phi) is 4.83. The zero-order valence-corrected chi connectivity index (χ0v) is 13.8. The Bertz CT molecular complexity index is 776. The van der Waals surface area contributed by atoms with E-state index in [0.717, 1.165) is 0 Å². The summed E-state index contributed by atoms with van der Waals surface area (Å²) in [5.74, 6) is -0.688. The first-order valence-corrected chi connectivity index (χ1v) is 8.20. The van der Waals surface area contributed by atoms with E-state index in [1.54, 1.807) is 25.1 Å². The summed E-state index contributed by atoms with van der Waals surface area (Å²) in [6.07, 6.45) is 2.81. The number of halogens is 1. The number of hydrogen-bond acceptors (Lipinski definition) is 4. The van der Waals surface area contributed by atoms with Gasteiger partial charge in [0.2, 0.25) is 0 Å². The van der Waals surface area contributed by atoms with Crippen LogP contribution in [0.2, 0.25) is 5.02 Å². The minimum Gasteiger partial charge on any atom is -0.496 e. The average molecular weight is 340 g/mol. The number of hydrogen-bond donors (Lipinski definition) is 1. The van der Waals surface area contributed by atoms with Crippen molar-refractivity contribution in [1.82, 2.24) is 4.98 Å². The van der Waals surface area contributed by atoms with Gasteiger partial charge in [0.1, 0.15) is 5.75 Å². The molecule has 0 spiro atoms. The Balaban J connectivity index is 2.77. The third-order valence-electron chi connectivity index (χ3n) is 3.12. The fourth-order valence-electron chi connectivity index (χ4n) is 2.09. The highest BCUT2D eigenvalue weighted by Gasteiger charge is 2.19. The molecule has 116 valence electrons. The van der Waals surface area contributed by atoms with Crippen molar-refractivity contribution in [3.8, 4) is 16.9 Å². The van der Waals surface area contributed by atoms with Crippen molar-refractivity contribution in [1.29, 1.82) is 0 Å². The van der Waals surface area contributed by atoms with Gasteiger partial charge < -0.3 is 9.84 Å². The lowest BCUT2D eigenvalue weighted by atomic mass is 9.99. The second-order valence-electron chi connectivity index (χ2n) is 4.61. The molecule has 0 saturated carbocycles. The lowest BCUT2D eigenvalue weighted by Gasteiger charge is -2.14. The molecule has 2 rings (SSSR count). The molecule has 0 fully saturated rings. The van der Waals surface area contributed by atoms with Crippen LogP contribution in [-0.2, 0) is 10.8 Å². The van der Waals surface area contributed by atoms with Crippen LogP contribution < -0.4 is 4.74 Å². The topological polar surface area (TPSA) is 76.5 Å². The Morgan fingerprint density at radius 3 is 2.55 bits per heavy atom. The molecule has 1 heterocycles. The normalized spacial score (nSPS) is 12.0. The van der Waals surface area contributed by atoms with E-state index in [0.29, 0.717) is 32.5 Å². The Hall–Kier alpha value is -1.92. The van der Waals surface area contributed by atoms with Crippen LogP contribution in [0.4, 0.5) is 0 Å². The Morgan fingerprint density at radius 1 is 1.32 bits per heavy atom. The second-order valence-corrected chi connectivity index (χ2v) is 6.37. The molecule has 22 heavy (non-hydrogen) atoms. The van der Waals surface area contributed by atoms with Crippen LogP contribution in [0.3, 0.4) is 0 Å². The van der Waals surface area contributed by atoms with Gasteiger partial charge in [-0.15, -0.1) is 0 Å². The van der Waals surface area contributed by atoms with Gasteiger partial charge in [-0.05, 0) is 25.1 Å². The maximum absolute atomic E-state index is 11.7. The molecule has 1 N–H and O–H groups in total. The van der Waals surface area contributed by atoms with Crippen molar-refractivity contribution < 1.29 is 18.8 Å². The van der Waals surface area contributed by atoms with Crippen molar-refractivity contribution >= 4 is 28.4 Å². The minimum absolute atomic E-state index is 0.0466. The number of ether oxygens (including phenoxy) is 1. The first-order chi connectivity index (χ1) is 10.3. The maximum atomic E-state index is 11.7. The molecule has 2 aromatic rings. The first-order valence-electron chi connectivity index (χ1n) is 6.26. The van der Waals surface area contributed by atoms with Gasteiger partial charge in [-0.3, -0.25) is 9.19 Å². The molecule has 0 saturated heterocycles. The first kappa shape index (κ1) is 16.5. The number of carboxylic acid groups (broad SMARTS) is 1. The van der Waals surface area contributed by atoms with Gasteiger partial charge >= 0.3 is 5.97 Å². The second kappa shape index (κ2) is 6.46. The molecule has 0 bridgehead atoms. The molecule has 0 aliphatic carbocycles. The Morgan fingerprint density at radius 2 is 2.00 bits per heavy atom. The number of carbonyl (C=O) groups is 1. The fraction of sp³-hybridized carbons (Fsp3) is 0.200. The fourth-order valence-corrected chi connectivity index (χ4v) is 3.18. The third kappa shape index (κ3) is 3.13. The van der Waals surface area contributed by atoms with Crippen molar-refractivity contribution in [3.05, 3.63) is 40.7 Å². The highest BCUT2D eigenvalue weighted by Crippen LogP contribution is 2.37. The van der Waals surface area contributed by atoms with E-state index in [9.17, 15) is 14.1 Å². The van der Waals surface area contributed by atoms with Gasteiger partial charge in [0.25, 0.3) is 0 Å². The molecule has 5 nitrogen and oxygen atoms in total. The summed E-state index contributed by atoms with van der Waals surface area (Å²) in [5, 5.41) is 9.63. The summed E-state index contributed by atoms with van der Waals surface area (Å²) >= 11 is 6.16. The number of pyridine rings is 1. The standard InChI is InChI=1S/C15H14ClNO4S/c1-8-4-9(11(7-17-8)15(18)19)10-5-12(16)14(22(3)20)6-13(10)21-2/h4-7H,1-3H3,(H,18,19)/t22-/m1/s1. The summed E-state index contributed by atoms with van der Waals surface area (Å²) < 4.78 is 17.0. The summed E-state index contributed by atoms with van der Waals surface area (Å²) in [6, 6.07) is 4.79. The summed E-state index contributed by atoms with van der Waals surface area (Å²) in [4.78, 5) is 15.8. The third-order valence-corrected chi connectivity index (χ3v) is 4.51. The zero-order valence-electron chi connectivity index (χ0n) is 12.2. The van der Waals surface area contributed by atoms with Gasteiger partial charge in [0.15, 0.2) is 0 Å². The zero-order chi connectivity index (χ0) is 16.4. The molecular weight excluding hydrogens is 326 g/mol. The predicted molar refractivity (Wildman–Crippen MR) is 85.3 cm³/mol. The largest absolute Gasteiger partial charge is 0.496 e. The minimum atomic E-state index is -1.28. The number of aryl methyl sites for hydroxylation is 1. The van der Waals surface area contributed by atoms with Gasteiger partial charge in [-0.2, -0.15) is 0 Å². The van der Waals surface area contributed by atoms with Gasteiger partial charge in [0.05, 0.1) is 33.4 Å². The van der Waals surface area contributed by atoms with Crippen LogP contribution in [-0.4, -0.2) is 33.6 Å². The number of nitrogens with zero attached hydrogens (tertiary/aromatic N) is 1. The SMILES string of the molecule is COc1cc([S@@](C)=O)c(Cl)cc1-c1cc(C)ncc1C(=O)O. The lowest BCUT2D eigenvalue weighted by molar-refractivity contribution is 0.0697. The molecule has 1 aromatic carbocycles. The van der Waals surface area contributed by atoms with E-state index in [4.69, 9.17) is 16.3 Å². The summed E-state index contributed by atoms with van der Waals surface area (Å²) in [7, 11) is 0.186. The lowest BCUT2D eigenvalue weighted by Crippen LogP contribution is -2.03. The van der Waals surface area contributed by atoms with E-state index < -0.39 is 16.8 Å². The molecule has 0 amide bonds. The number of rotatable bonds is 4. The molecule has 1 aromatic heterocycles. The number of carboxylic acids is 1. The number of aromatic nitrogens is 1. The summed E-state index contributed by atoms with van der Waals surface area (Å²) in [6.45, 7) is 1.76. The van der Waals surface area contributed by atoms with Crippen LogP contribution in [0.1, 0.15) is 16.1 Å². The number of aromatic carboxylic acids is 1. The van der Waals surface area contributed by atoms with Crippen molar-refractivity contribution in [2.75, 3.05) is 13.4 Å². The quantitative estimate of drug-likeness (QED) is 0.925. The van der Waals surface area contributed by atoms with Crippen molar-refractivity contribution in [2.24, 2.45) is 0 Å². The molecule has 1 atom stereocenters. The maximum Gasteiger partial charge on any atom is 0.337 e. The molecule has 0 aliphatic heterocycles. The van der Waals surface area contributed by atoms with Gasteiger partial charge in [-0.25, -0.2) is 4.79 Å². The van der Waals surface area contributed by atoms with Gasteiger partial charge in [-0.1, -0.05) is 11.6 Å². The van der Waals surface area contributed by atoms with E-state index in [1.165, 1.54) is 19.6 Å². The van der Waals surface area contributed by atoms with Crippen LogP contribution in [0.25, 0.3) is 11.1 Å². The number of benzene rings is 1. The highest BCUT2D eigenvalue weighted by molar-refractivity contribution is 7.84. The van der Waals surface area contributed by atoms with Crippen LogP contribution in [0, 0.1) is 6.92 Å². The van der Waals surface area contributed by atoms with Crippen LogP contribution in [0.15, 0.2) is 29.3 Å².